The molecule has 0 bridgehead atoms. The average molecular weight is 461 g/mol. The molecule has 0 aliphatic rings. The number of carbonyl (C=O) groups excluding carboxylic acids is 1. The van der Waals surface area contributed by atoms with E-state index in [1.165, 1.54) is 59.4 Å². The number of amides is 1. The molecule has 164 valence electrons. The van der Waals surface area contributed by atoms with E-state index < -0.39 is 27.7 Å². The molecular formula is C20H14F3N5O3S. The number of rotatable bonds is 4. The molecule has 0 saturated heterocycles. The van der Waals surface area contributed by atoms with Gasteiger partial charge in [-0.05, 0) is 36.4 Å². The molecule has 3 N–H and O–H groups in total. The highest BCUT2D eigenvalue weighted by atomic mass is 32.2. The number of hydrogen-bond donors (Lipinski definition) is 2. The van der Waals surface area contributed by atoms with Gasteiger partial charge in [0.2, 0.25) is 10.0 Å². The highest BCUT2D eigenvalue weighted by Gasteiger charge is 2.30. The van der Waals surface area contributed by atoms with E-state index in [0.717, 1.165) is 12.1 Å². The van der Waals surface area contributed by atoms with Crippen LogP contribution in [-0.2, 0) is 16.2 Å². The van der Waals surface area contributed by atoms with Crippen LogP contribution in [0, 0.1) is 0 Å². The van der Waals surface area contributed by atoms with Crippen LogP contribution in [0.15, 0.2) is 72.0 Å². The van der Waals surface area contributed by atoms with Gasteiger partial charge in [-0.1, -0.05) is 12.1 Å². The van der Waals surface area contributed by atoms with Crippen molar-refractivity contribution in [2.45, 2.75) is 11.1 Å². The first-order valence-corrected chi connectivity index (χ1v) is 10.5. The Balaban J connectivity index is 1.61. The van der Waals surface area contributed by atoms with Gasteiger partial charge in [-0.2, -0.15) is 13.2 Å². The van der Waals surface area contributed by atoms with Crippen molar-refractivity contribution in [3.63, 3.8) is 0 Å². The Kier molecular flexibility index (Phi) is 5.18. The number of aromatic nitrogens is 3. The van der Waals surface area contributed by atoms with E-state index in [-0.39, 0.29) is 10.6 Å². The van der Waals surface area contributed by atoms with Crippen LogP contribution in [0.5, 0.6) is 0 Å². The maximum absolute atomic E-state index is 12.8. The number of nitrogens with one attached hydrogen (secondary N) is 1. The number of primary sulfonamides is 1. The Labute approximate surface area is 179 Å². The minimum Gasteiger partial charge on any atom is -0.321 e. The third-order valence-electron chi connectivity index (χ3n) is 4.58. The number of nitrogens with zero attached hydrogens (tertiary/aromatic N) is 3. The Morgan fingerprint density at radius 1 is 0.969 bits per heavy atom. The van der Waals surface area contributed by atoms with Gasteiger partial charge < -0.3 is 5.32 Å². The Morgan fingerprint density at radius 2 is 1.62 bits per heavy atom. The molecule has 0 atom stereocenters. The van der Waals surface area contributed by atoms with Crippen LogP contribution in [0.25, 0.3) is 16.9 Å². The van der Waals surface area contributed by atoms with Gasteiger partial charge in [0.25, 0.3) is 5.91 Å². The molecule has 0 spiro atoms. The van der Waals surface area contributed by atoms with E-state index in [2.05, 4.69) is 15.3 Å². The predicted octanol–water partition coefficient (Wildman–Crippen LogP) is 3.31. The molecular weight excluding hydrogens is 447 g/mol. The number of carbonyl (C=O) groups is 1. The molecule has 32 heavy (non-hydrogen) atoms. The summed E-state index contributed by atoms with van der Waals surface area (Å²) in [6.07, 6.45) is -0.219. The van der Waals surface area contributed by atoms with Crippen LogP contribution >= 0.6 is 0 Å². The lowest BCUT2D eigenvalue weighted by molar-refractivity contribution is -0.137. The summed E-state index contributed by atoms with van der Waals surface area (Å²) < 4.78 is 62.6. The number of benzene rings is 2. The number of alkyl halides is 3. The van der Waals surface area contributed by atoms with Gasteiger partial charge in [-0.25, -0.2) is 23.5 Å². The molecule has 1 amide bonds. The second kappa shape index (κ2) is 7.73. The van der Waals surface area contributed by atoms with Crippen LogP contribution in [0.2, 0.25) is 0 Å². The number of fused-ring (bicyclic) bond motifs is 1. The molecule has 2 heterocycles. The number of hydrogen-bond acceptors (Lipinski definition) is 5. The standard InChI is InChI=1S/C20H14F3N5O3S/c21-20(22,23)13-3-1-12(2-4-13)17-9-26-18-10-25-16(11-28(17)18)19(29)27-14-5-7-15(8-6-14)32(24,30)31/h1-11H,(H,27,29)(H2,24,30,31). The first-order valence-electron chi connectivity index (χ1n) is 8.97. The summed E-state index contributed by atoms with van der Waals surface area (Å²) in [7, 11) is -3.86. The van der Waals surface area contributed by atoms with Crippen molar-refractivity contribution in [1.29, 1.82) is 0 Å². The van der Waals surface area contributed by atoms with Gasteiger partial charge in [0.15, 0.2) is 5.65 Å². The smallest absolute Gasteiger partial charge is 0.321 e. The lowest BCUT2D eigenvalue weighted by Crippen LogP contribution is -2.15. The fourth-order valence-corrected chi connectivity index (χ4v) is 3.49. The van der Waals surface area contributed by atoms with Gasteiger partial charge in [-0.3, -0.25) is 9.20 Å². The molecule has 4 aromatic rings. The number of sulfonamides is 1. The Bertz CT molecular complexity index is 1410. The third-order valence-corrected chi connectivity index (χ3v) is 5.51. The van der Waals surface area contributed by atoms with Crippen molar-refractivity contribution in [2.75, 3.05) is 5.32 Å². The number of halogens is 3. The van der Waals surface area contributed by atoms with E-state index in [1.807, 2.05) is 0 Å². The zero-order valence-corrected chi connectivity index (χ0v) is 16.9. The van der Waals surface area contributed by atoms with Crippen LogP contribution in [0.1, 0.15) is 16.1 Å². The molecule has 0 radical (unpaired) electrons. The van der Waals surface area contributed by atoms with Gasteiger partial charge in [0, 0.05) is 17.4 Å². The quantitative estimate of drug-likeness (QED) is 0.483. The summed E-state index contributed by atoms with van der Waals surface area (Å²) in [6, 6.07) is 9.82. The summed E-state index contributed by atoms with van der Waals surface area (Å²) in [6.45, 7) is 0. The largest absolute Gasteiger partial charge is 0.416 e. The minimum absolute atomic E-state index is 0.0131. The second-order valence-electron chi connectivity index (χ2n) is 6.74. The van der Waals surface area contributed by atoms with E-state index in [4.69, 9.17) is 5.14 Å². The molecule has 2 aromatic heterocycles. The fraction of sp³-hybridized carbons (Fsp3) is 0.0500. The summed E-state index contributed by atoms with van der Waals surface area (Å²) >= 11 is 0. The first-order chi connectivity index (χ1) is 15.0. The van der Waals surface area contributed by atoms with Crippen LogP contribution in [0.4, 0.5) is 18.9 Å². The topological polar surface area (TPSA) is 119 Å². The SMILES string of the molecule is NS(=O)(=O)c1ccc(NC(=O)c2cn3c(-c4ccc(C(F)(F)F)cc4)cnc3cn2)cc1. The molecule has 0 aliphatic heterocycles. The van der Waals surface area contributed by atoms with Gasteiger partial charge in [0.05, 0.1) is 28.5 Å². The first kappa shape index (κ1) is 21.5. The maximum atomic E-state index is 12.8. The fourth-order valence-electron chi connectivity index (χ4n) is 2.97. The molecule has 0 aliphatic carbocycles. The molecule has 0 fully saturated rings. The van der Waals surface area contributed by atoms with Crippen molar-refractivity contribution < 1.29 is 26.4 Å². The second-order valence-corrected chi connectivity index (χ2v) is 8.30. The normalized spacial score (nSPS) is 12.1. The van der Waals surface area contributed by atoms with E-state index in [9.17, 15) is 26.4 Å². The third kappa shape index (κ3) is 4.31. The van der Waals surface area contributed by atoms with Gasteiger partial charge >= 0.3 is 6.18 Å². The van der Waals surface area contributed by atoms with Crippen LogP contribution in [0.3, 0.4) is 0 Å². The maximum Gasteiger partial charge on any atom is 0.416 e. The highest BCUT2D eigenvalue weighted by molar-refractivity contribution is 7.89. The van der Waals surface area contributed by atoms with Crippen molar-refractivity contribution >= 4 is 27.3 Å². The predicted molar refractivity (Wildman–Crippen MR) is 109 cm³/mol. The molecule has 4 rings (SSSR count). The van der Waals surface area contributed by atoms with Crippen molar-refractivity contribution in [3.8, 4) is 11.3 Å². The summed E-state index contributed by atoms with van der Waals surface area (Å²) in [5, 5.41) is 7.63. The number of nitrogens with two attached hydrogens (primary N) is 1. The molecule has 0 unspecified atom stereocenters. The van der Waals surface area contributed by atoms with Crippen LogP contribution in [-0.4, -0.2) is 28.7 Å². The Hall–Kier alpha value is -3.77. The number of imidazole rings is 1. The van der Waals surface area contributed by atoms with Crippen molar-refractivity contribution in [2.24, 2.45) is 5.14 Å². The van der Waals surface area contributed by atoms with Crippen LogP contribution < -0.4 is 10.5 Å². The monoisotopic (exact) mass is 461 g/mol. The molecule has 0 saturated carbocycles. The molecule has 12 heteroatoms. The highest BCUT2D eigenvalue weighted by Crippen LogP contribution is 2.31. The van der Waals surface area contributed by atoms with E-state index in [0.29, 0.717) is 22.6 Å². The zero-order chi connectivity index (χ0) is 23.1. The average Bonchev–Trinajstić information content (AvgIpc) is 3.16. The minimum atomic E-state index is -4.44. The summed E-state index contributed by atoms with van der Waals surface area (Å²) in [5.74, 6) is -0.581. The Morgan fingerprint density at radius 3 is 2.22 bits per heavy atom. The lowest BCUT2D eigenvalue weighted by atomic mass is 10.1. The van der Waals surface area contributed by atoms with Gasteiger partial charge in [-0.15, -0.1) is 0 Å². The zero-order valence-electron chi connectivity index (χ0n) is 16.0. The molecule has 8 nitrogen and oxygen atoms in total. The van der Waals surface area contributed by atoms with E-state index >= 15 is 0 Å². The lowest BCUT2D eigenvalue weighted by Gasteiger charge is -2.09. The van der Waals surface area contributed by atoms with Gasteiger partial charge in [0.1, 0.15) is 5.69 Å². The summed E-state index contributed by atoms with van der Waals surface area (Å²) in [5.41, 5.74) is 0.903. The molecule has 2 aromatic carbocycles. The van der Waals surface area contributed by atoms with Crippen molar-refractivity contribution in [3.05, 3.63) is 78.4 Å². The number of anilines is 1. The van der Waals surface area contributed by atoms with Crippen molar-refractivity contribution in [1.82, 2.24) is 14.4 Å². The van der Waals surface area contributed by atoms with E-state index in [1.54, 1.807) is 0 Å². The summed E-state index contributed by atoms with van der Waals surface area (Å²) in [4.78, 5) is 20.7.